The van der Waals surface area contributed by atoms with Gasteiger partial charge in [0.05, 0.1) is 0 Å². The Balaban J connectivity index is 2.36. The van der Waals surface area contributed by atoms with Crippen LogP contribution < -0.4 is 5.32 Å². The van der Waals surface area contributed by atoms with Gasteiger partial charge in [0.2, 0.25) is 12.1 Å². The molecule has 0 aliphatic heterocycles. The summed E-state index contributed by atoms with van der Waals surface area (Å²) in [6, 6.07) is 7.58. The van der Waals surface area contributed by atoms with Gasteiger partial charge in [0.1, 0.15) is 0 Å². The molecule has 0 atom stereocenters. The number of nitrogens with one attached hydrogen (secondary N) is 1. The van der Waals surface area contributed by atoms with Gasteiger partial charge in [0.25, 0.3) is 0 Å². The van der Waals surface area contributed by atoms with Gasteiger partial charge in [-0.05, 0) is 50.7 Å². The molecule has 17 heavy (non-hydrogen) atoms. The van der Waals surface area contributed by atoms with Gasteiger partial charge >= 0.3 is 5.82 Å². The molecule has 7 heteroatoms. The molecule has 0 unspecified atom stereocenters. The number of hydrogen-bond donors (Lipinski definition) is 1. The monoisotopic (exact) mass is 344 g/mol. The maximum absolute atomic E-state index is 10.8. The number of rotatable bonds is 3. The first-order valence-corrected chi connectivity index (χ1v) is 5.84. The lowest BCUT2D eigenvalue weighted by molar-refractivity contribution is -0.388. The summed E-state index contributed by atoms with van der Waals surface area (Å²) in [6.45, 7) is 0. The van der Waals surface area contributed by atoms with Gasteiger partial charge in [-0.1, -0.05) is 6.07 Å². The second-order valence-corrected chi connectivity index (χ2v) is 4.67. The summed E-state index contributed by atoms with van der Waals surface area (Å²) in [5.41, 5.74) is 0.795. The smallest absolute Gasteiger partial charge is 0.358 e. The Labute approximate surface area is 111 Å². The molecule has 0 aliphatic carbocycles. The highest BCUT2D eigenvalue weighted by Crippen LogP contribution is 2.25. The van der Waals surface area contributed by atoms with Crippen LogP contribution in [0.2, 0.25) is 0 Å². The van der Waals surface area contributed by atoms with E-state index in [0.29, 0.717) is 5.82 Å². The first-order chi connectivity index (χ1) is 8.08. The van der Waals surface area contributed by atoms with Gasteiger partial charge in [-0.2, -0.15) is 0 Å². The van der Waals surface area contributed by atoms with Crippen molar-refractivity contribution in [2.75, 3.05) is 5.32 Å². The van der Waals surface area contributed by atoms with Crippen molar-refractivity contribution in [3.05, 3.63) is 44.3 Å². The summed E-state index contributed by atoms with van der Waals surface area (Å²) in [4.78, 5) is 14.0. The van der Waals surface area contributed by atoms with Crippen molar-refractivity contribution in [1.29, 1.82) is 0 Å². The van der Waals surface area contributed by atoms with E-state index in [0.717, 1.165) is 9.26 Å². The Morgan fingerprint density at radius 3 is 2.94 bits per heavy atom. The third-order valence-electron chi connectivity index (χ3n) is 2.18. The predicted molar refractivity (Wildman–Crippen MR) is 72.3 cm³/mol. The van der Waals surface area contributed by atoms with Crippen molar-refractivity contribution in [2.45, 2.75) is 0 Å². The van der Waals surface area contributed by atoms with Crippen LogP contribution in [-0.2, 0) is 7.05 Å². The molecule has 1 N–H and O–H groups in total. The molecule has 0 fully saturated rings. The highest BCUT2D eigenvalue weighted by molar-refractivity contribution is 14.1. The average Bonchev–Trinajstić information content (AvgIpc) is 2.61. The minimum atomic E-state index is -0.504. The maximum Gasteiger partial charge on any atom is 0.406 e. The van der Waals surface area contributed by atoms with Crippen molar-refractivity contribution in [3.8, 4) is 0 Å². The van der Waals surface area contributed by atoms with Crippen LogP contribution in [-0.4, -0.2) is 14.5 Å². The van der Waals surface area contributed by atoms with E-state index in [1.807, 2.05) is 24.3 Å². The van der Waals surface area contributed by atoms with E-state index in [9.17, 15) is 10.1 Å². The van der Waals surface area contributed by atoms with Crippen LogP contribution in [0, 0.1) is 13.7 Å². The zero-order valence-electron chi connectivity index (χ0n) is 8.92. The molecular formula is C10H9IN4O2. The number of benzene rings is 1. The predicted octanol–water partition coefficient (Wildman–Crippen LogP) is 2.68. The Hall–Kier alpha value is -1.64. The fourth-order valence-corrected chi connectivity index (χ4v) is 1.94. The van der Waals surface area contributed by atoms with Gasteiger partial charge < -0.3 is 15.4 Å². The zero-order chi connectivity index (χ0) is 12.4. The Kier molecular flexibility index (Phi) is 3.27. The quantitative estimate of drug-likeness (QED) is 0.528. The third kappa shape index (κ3) is 2.54. The van der Waals surface area contributed by atoms with Crippen LogP contribution in [0.4, 0.5) is 17.3 Å². The molecule has 0 saturated carbocycles. The number of halogens is 1. The average molecular weight is 344 g/mol. The van der Waals surface area contributed by atoms with Gasteiger partial charge in [0, 0.05) is 16.3 Å². The molecule has 0 bridgehead atoms. The summed E-state index contributed by atoms with van der Waals surface area (Å²) < 4.78 is 2.63. The lowest BCUT2D eigenvalue weighted by Crippen LogP contribution is -2.00. The summed E-state index contributed by atoms with van der Waals surface area (Å²) >= 11 is 2.18. The Bertz CT molecular complexity index is 567. The molecule has 0 spiro atoms. The number of nitrogens with zero attached hydrogens (tertiary/aromatic N) is 3. The van der Waals surface area contributed by atoms with Crippen LogP contribution in [0.5, 0.6) is 0 Å². The Morgan fingerprint density at radius 1 is 1.53 bits per heavy atom. The molecule has 2 rings (SSSR count). The van der Waals surface area contributed by atoms with E-state index in [1.165, 1.54) is 6.33 Å². The lowest BCUT2D eigenvalue weighted by Gasteiger charge is -2.06. The first-order valence-electron chi connectivity index (χ1n) is 4.76. The maximum atomic E-state index is 10.8. The van der Waals surface area contributed by atoms with Gasteiger partial charge in [-0.15, -0.1) is 0 Å². The van der Waals surface area contributed by atoms with E-state index < -0.39 is 4.92 Å². The highest BCUT2D eigenvalue weighted by atomic mass is 127. The standard InChI is InChI=1S/C10H9IN4O2/c1-14-6-12-9(15(16)17)10(14)13-8-4-2-3-7(11)5-8/h2-6,13H,1H3. The number of imidazole rings is 1. The van der Waals surface area contributed by atoms with Crippen molar-refractivity contribution >= 4 is 39.9 Å². The summed E-state index contributed by atoms with van der Waals surface area (Å²) in [7, 11) is 1.70. The molecule has 0 radical (unpaired) electrons. The van der Waals surface area contributed by atoms with Crippen molar-refractivity contribution in [1.82, 2.24) is 9.55 Å². The van der Waals surface area contributed by atoms with Gasteiger partial charge in [-0.25, -0.2) is 0 Å². The second-order valence-electron chi connectivity index (χ2n) is 3.42. The number of aryl methyl sites for hydroxylation is 1. The largest absolute Gasteiger partial charge is 0.406 e. The van der Waals surface area contributed by atoms with Crippen LogP contribution in [0.1, 0.15) is 0 Å². The molecule has 1 aromatic carbocycles. The number of hydrogen-bond acceptors (Lipinski definition) is 4. The van der Waals surface area contributed by atoms with Crippen LogP contribution in [0.15, 0.2) is 30.6 Å². The highest BCUT2D eigenvalue weighted by Gasteiger charge is 2.19. The Morgan fingerprint density at radius 2 is 2.29 bits per heavy atom. The number of anilines is 2. The summed E-state index contributed by atoms with van der Waals surface area (Å²) in [5.74, 6) is 0.198. The summed E-state index contributed by atoms with van der Waals surface area (Å²) in [5, 5.41) is 13.8. The third-order valence-corrected chi connectivity index (χ3v) is 2.85. The fraction of sp³-hybridized carbons (Fsp3) is 0.100. The van der Waals surface area contributed by atoms with Crippen molar-refractivity contribution in [3.63, 3.8) is 0 Å². The molecule has 0 aliphatic rings. The first kappa shape index (κ1) is 11.8. The van der Waals surface area contributed by atoms with E-state index in [2.05, 4.69) is 32.9 Å². The topological polar surface area (TPSA) is 73.0 Å². The number of aromatic nitrogens is 2. The molecule has 88 valence electrons. The van der Waals surface area contributed by atoms with Gasteiger partial charge in [0.15, 0.2) is 0 Å². The molecular weight excluding hydrogens is 335 g/mol. The molecule has 6 nitrogen and oxygen atoms in total. The molecule has 0 saturated heterocycles. The number of nitro groups is 1. The van der Waals surface area contributed by atoms with Crippen LogP contribution in [0.25, 0.3) is 0 Å². The van der Waals surface area contributed by atoms with E-state index >= 15 is 0 Å². The fourth-order valence-electron chi connectivity index (χ4n) is 1.40. The molecule has 1 heterocycles. The van der Waals surface area contributed by atoms with E-state index in [4.69, 9.17) is 0 Å². The van der Waals surface area contributed by atoms with E-state index in [-0.39, 0.29) is 5.82 Å². The van der Waals surface area contributed by atoms with E-state index in [1.54, 1.807) is 11.6 Å². The lowest BCUT2D eigenvalue weighted by atomic mass is 10.3. The van der Waals surface area contributed by atoms with Crippen LogP contribution >= 0.6 is 22.6 Å². The minimum absolute atomic E-state index is 0.175. The van der Waals surface area contributed by atoms with Crippen molar-refractivity contribution < 1.29 is 4.92 Å². The molecule has 0 amide bonds. The normalized spacial score (nSPS) is 10.2. The molecule has 1 aromatic heterocycles. The zero-order valence-corrected chi connectivity index (χ0v) is 11.1. The second kappa shape index (κ2) is 4.70. The van der Waals surface area contributed by atoms with Crippen molar-refractivity contribution in [2.24, 2.45) is 7.05 Å². The molecule has 2 aromatic rings. The minimum Gasteiger partial charge on any atom is -0.358 e. The van der Waals surface area contributed by atoms with Gasteiger partial charge in [-0.3, -0.25) is 4.57 Å². The SMILES string of the molecule is Cn1cnc([N+](=O)[O-])c1Nc1cccc(I)c1. The van der Waals surface area contributed by atoms with Crippen LogP contribution in [0.3, 0.4) is 0 Å². The summed E-state index contributed by atoms with van der Waals surface area (Å²) in [6.07, 6.45) is 1.41.